The highest BCUT2D eigenvalue weighted by molar-refractivity contribution is 6.32. The molecule has 2 heterocycles. The van der Waals surface area contributed by atoms with E-state index in [0.717, 1.165) is 5.56 Å². The van der Waals surface area contributed by atoms with E-state index in [0.29, 0.717) is 13.1 Å². The lowest BCUT2D eigenvalue weighted by molar-refractivity contribution is -0.154. The summed E-state index contributed by atoms with van der Waals surface area (Å²) >= 11 is 11.5. The lowest BCUT2D eigenvalue weighted by Gasteiger charge is -2.39. The van der Waals surface area contributed by atoms with E-state index >= 15 is 0 Å². The molecule has 0 radical (unpaired) electrons. The number of rotatable bonds is 2. The van der Waals surface area contributed by atoms with Gasteiger partial charge >= 0.3 is 6.18 Å². The zero-order valence-electron chi connectivity index (χ0n) is 8.64. The number of pyridine rings is 1. The molecule has 1 aliphatic rings. The minimum absolute atomic E-state index is 0.0512. The summed E-state index contributed by atoms with van der Waals surface area (Å²) in [4.78, 5) is 5.13. The Labute approximate surface area is 106 Å². The Morgan fingerprint density at radius 1 is 1.24 bits per heavy atom. The topological polar surface area (TPSA) is 16.1 Å². The van der Waals surface area contributed by atoms with E-state index in [2.05, 4.69) is 4.98 Å². The van der Waals surface area contributed by atoms with Crippen LogP contribution < -0.4 is 0 Å². The standard InChI is InChI=1S/C10H9Cl2F3N2/c11-8-1-6(2-9(12)16-8)7-3-17(4-7)5-10(13,14)15/h1-2,7H,3-5H2. The molecular weight excluding hydrogens is 276 g/mol. The zero-order valence-corrected chi connectivity index (χ0v) is 10.1. The first-order chi connectivity index (χ1) is 7.83. The van der Waals surface area contributed by atoms with Gasteiger partial charge in [-0.1, -0.05) is 23.2 Å². The third-order valence-electron chi connectivity index (χ3n) is 2.62. The van der Waals surface area contributed by atoms with Crippen LogP contribution in [0.2, 0.25) is 10.3 Å². The van der Waals surface area contributed by atoms with Gasteiger partial charge in [0.25, 0.3) is 0 Å². The van der Waals surface area contributed by atoms with Crippen molar-refractivity contribution < 1.29 is 13.2 Å². The number of likely N-dealkylation sites (tertiary alicyclic amines) is 1. The van der Waals surface area contributed by atoms with Crippen LogP contribution in [0.5, 0.6) is 0 Å². The van der Waals surface area contributed by atoms with Crippen LogP contribution in [0.25, 0.3) is 0 Å². The Hall–Kier alpha value is -0.520. The van der Waals surface area contributed by atoms with E-state index < -0.39 is 12.7 Å². The fourth-order valence-electron chi connectivity index (χ4n) is 1.88. The van der Waals surface area contributed by atoms with Gasteiger partial charge < -0.3 is 0 Å². The molecule has 1 saturated heterocycles. The third kappa shape index (κ3) is 3.47. The lowest BCUT2D eigenvalue weighted by atomic mass is 9.92. The quantitative estimate of drug-likeness (QED) is 0.775. The summed E-state index contributed by atoms with van der Waals surface area (Å²) in [5.41, 5.74) is 0.841. The molecule has 17 heavy (non-hydrogen) atoms. The summed E-state index contributed by atoms with van der Waals surface area (Å²) < 4.78 is 36.3. The monoisotopic (exact) mass is 284 g/mol. The van der Waals surface area contributed by atoms with Crippen molar-refractivity contribution >= 4 is 23.2 Å². The van der Waals surface area contributed by atoms with Crippen LogP contribution in [0.4, 0.5) is 13.2 Å². The SMILES string of the molecule is FC(F)(F)CN1CC(c2cc(Cl)nc(Cl)c2)C1. The number of halogens is 5. The van der Waals surface area contributed by atoms with Gasteiger partial charge in [0.15, 0.2) is 0 Å². The fraction of sp³-hybridized carbons (Fsp3) is 0.500. The smallest absolute Gasteiger partial charge is 0.294 e. The largest absolute Gasteiger partial charge is 0.401 e. The van der Waals surface area contributed by atoms with E-state index in [1.54, 1.807) is 12.1 Å². The normalized spacial score (nSPS) is 18.2. The average Bonchev–Trinajstić information content (AvgIpc) is 2.07. The van der Waals surface area contributed by atoms with Crippen molar-refractivity contribution in [2.45, 2.75) is 12.1 Å². The molecule has 2 nitrogen and oxygen atoms in total. The van der Waals surface area contributed by atoms with Crippen LogP contribution >= 0.6 is 23.2 Å². The minimum atomic E-state index is -4.14. The summed E-state index contributed by atoms with van der Waals surface area (Å²) in [6.45, 7) is -0.123. The Balaban J connectivity index is 1.95. The minimum Gasteiger partial charge on any atom is -0.294 e. The summed E-state index contributed by atoms with van der Waals surface area (Å²) in [6, 6.07) is 3.28. The third-order valence-corrected chi connectivity index (χ3v) is 3.00. The Kier molecular flexibility index (Phi) is 3.52. The first kappa shape index (κ1) is 12.9. The maximum absolute atomic E-state index is 12.1. The summed E-state index contributed by atoms with van der Waals surface area (Å²) in [5, 5.41) is 0.531. The molecule has 0 amide bonds. The van der Waals surface area contributed by atoms with E-state index in [-0.39, 0.29) is 16.2 Å². The van der Waals surface area contributed by atoms with Crippen LogP contribution in [0, 0.1) is 0 Å². The Bertz CT molecular complexity index is 396. The van der Waals surface area contributed by atoms with Gasteiger partial charge in [-0.15, -0.1) is 0 Å². The molecule has 0 aliphatic carbocycles. The fourth-order valence-corrected chi connectivity index (χ4v) is 2.36. The van der Waals surface area contributed by atoms with Crippen LogP contribution in [0.3, 0.4) is 0 Å². The van der Waals surface area contributed by atoms with Crippen molar-refractivity contribution in [1.29, 1.82) is 0 Å². The van der Waals surface area contributed by atoms with E-state index in [4.69, 9.17) is 23.2 Å². The van der Waals surface area contributed by atoms with Crippen molar-refractivity contribution in [2.75, 3.05) is 19.6 Å². The van der Waals surface area contributed by atoms with Crippen molar-refractivity contribution in [3.63, 3.8) is 0 Å². The molecule has 0 aromatic carbocycles. The number of nitrogens with zero attached hydrogens (tertiary/aromatic N) is 2. The second kappa shape index (κ2) is 4.63. The number of aromatic nitrogens is 1. The Morgan fingerprint density at radius 2 is 1.76 bits per heavy atom. The predicted octanol–water partition coefficient (Wildman–Crippen LogP) is 3.35. The van der Waals surface area contributed by atoms with E-state index in [1.807, 2.05) is 0 Å². The van der Waals surface area contributed by atoms with Crippen LogP contribution in [0.1, 0.15) is 11.5 Å². The highest BCUT2D eigenvalue weighted by Crippen LogP contribution is 2.31. The molecule has 1 aromatic rings. The number of hydrogen-bond donors (Lipinski definition) is 0. The van der Waals surface area contributed by atoms with E-state index in [9.17, 15) is 13.2 Å². The molecule has 0 unspecified atom stereocenters. The second-order valence-corrected chi connectivity index (χ2v) is 4.83. The van der Waals surface area contributed by atoms with Gasteiger partial charge in [0.2, 0.25) is 0 Å². The molecule has 0 saturated carbocycles. The first-order valence-corrected chi connectivity index (χ1v) is 5.71. The van der Waals surface area contributed by atoms with Gasteiger partial charge in [0.1, 0.15) is 10.3 Å². The summed E-state index contributed by atoms with van der Waals surface area (Å²) in [5.74, 6) is 0.0512. The van der Waals surface area contributed by atoms with Crippen molar-refractivity contribution in [2.24, 2.45) is 0 Å². The van der Waals surface area contributed by atoms with Gasteiger partial charge in [0.05, 0.1) is 6.54 Å². The molecule has 0 atom stereocenters. The molecule has 94 valence electrons. The lowest BCUT2D eigenvalue weighted by Crippen LogP contribution is -2.49. The van der Waals surface area contributed by atoms with Crippen molar-refractivity contribution in [3.05, 3.63) is 28.0 Å². The molecular formula is C10H9Cl2F3N2. The van der Waals surface area contributed by atoms with Crippen LogP contribution in [-0.4, -0.2) is 35.7 Å². The zero-order chi connectivity index (χ0) is 12.6. The van der Waals surface area contributed by atoms with Gasteiger partial charge in [-0.2, -0.15) is 13.2 Å². The average molecular weight is 285 g/mol. The Morgan fingerprint density at radius 3 is 2.24 bits per heavy atom. The highest BCUT2D eigenvalue weighted by atomic mass is 35.5. The van der Waals surface area contributed by atoms with Crippen molar-refractivity contribution in [3.8, 4) is 0 Å². The second-order valence-electron chi connectivity index (χ2n) is 4.05. The van der Waals surface area contributed by atoms with Gasteiger partial charge in [-0.05, 0) is 17.7 Å². The molecule has 1 aromatic heterocycles. The summed E-state index contributed by atoms with van der Waals surface area (Å²) in [6.07, 6.45) is -4.14. The van der Waals surface area contributed by atoms with Crippen LogP contribution in [0.15, 0.2) is 12.1 Å². The molecule has 2 rings (SSSR count). The van der Waals surface area contributed by atoms with Crippen molar-refractivity contribution in [1.82, 2.24) is 9.88 Å². The maximum atomic E-state index is 12.1. The van der Waals surface area contributed by atoms with Gasteiger partial charge in [0, 0.05) is 19.0 Å². The van der Waals surface area contributed by atoms with Crippen LogP contribution in [-0.2, 0) is 0 Å². The maximum Gasteiger partial charge on any atom is 0.401 e. The first-order valence-electron chi connectivity index (χ1n) is 4.95. The molecule has 0 N–H and O–H groups in total. The predicted molar refractivity (Wildman–Crippen MR) is 59.5 cm³/mol. The molecule has 7 heteroatoms. The van der Waals surface area contributed by atoms with Gasteiger partial charge in [-0.25, -0.2) is 4.98 Å². The molecule has 1 aliphatic heterocycles. The molecule has 0 bridgehead atoms. The van der Waals surface area contributed by atoms with E-state index in [1.165, 1.54) is 4.90 Å². The number of alkyl halides is 3. The number of hydrogen-bond acceptors (Lipinski definition) is 2. The molecule has 0 spiro atoms. The molecule has 1 fully saturated rings. The highest BCUT2D eigenvalue weighted by Gasteiger charge is 2.37. The summed E-state index contributed by atoms with van der Waals surface area (Å²) in [7, 11) is 0. The van der Waals surface area contributed by atoms with Gasteiger partial charge in [-0.3, -0.25) is 4.90 Å².